The summed E-state index contributed by atoms with van der Waals surface area (Å²) < 4.78 is 0. The van der Waals surface area contributed by atoms with Crippen LogP contribution in [0.3, 0.4) is 0 Å². The molecule has 3 rings (SSSR count). The van der Waals surface area contributed by atoms with E-state index < -0.39 is 0 Å². The molecule has 0 spiro atoms. The van der Waals surface area contributed by atoms with E-state index in [1.807, 2.05) is 12.1 Å². The monoisotopic (exact) mass is 310 g/mol. The highest BCUT2D eigenvalue weighted by molar-refractivity contribution is 5.85. The van der Waals surface area contributed by atoms with E-state index in [2.05, 4.69) is 29.3 Å². The zero-order chi connectivity index (χ0) is 14.0. The van der Waals surface area contributed by atoms with Crippen LogP contribution >= 0.6 is 12.4 Å². The van der Waals surface area contributed by atoms with Crippen molar-refractivity contribution in [1.29, 1.82) is 0 Å². The largest absolute Gasteiger partial charge is 0.508 e. The smallest absolute Gasteiger partial charge is 0.115 e. The van der Waals surface area contributed by atoms with E-state index in [-0.39, 0.29) is 12.4 Å². The lowest BCUT2D eigenvalue weighted by Gasteiger charge is -2.37. The molecular weight excluding hydrogens is 284 g/mol. The first-order valence-corrected chi connectivity index (χ1v) is 7.87. The Morgan fingerprint density at radius 3 is 2.48 bits per heavy atom. The molecule has 2 aliphatic heterocycles. The zero-order valence-corrected chi connectivity index (χ0v) is 13.7. The Kier molecular flexibility index (Phi) is 5.53. The van der Waals surface area contributed by atoms with Gasteiger partial charge in [0.2, 0.25) is 0 Å². The molecule has 0 radical (unpaired) electrons. The van der Waals surface area contributed by atoms with Gasteiger partial charge < -0.3 is 15.3 Å². The summed E-state index contributed by atoms with van der Waals surface area (Å²) in [6.45, 7) is 8.43. The van der Waals surface area contributed by atoms with E-state index in [0.717, 1.165) is 0 Å². The Morgan fingerprint density at radius 1 is 1.24 bits per heavy atom. The maximum atomic E-state index is 9.37. The first-order valence-electron chi connectivity index (χ1n) is 7.87. The molecule has 2 heterocycles. The quantitative estimate of drug-likeness (QED) is 0.901. The molecular formula is C17H27ClN2O. The lowest BCUT2D eigenvalue weighted by molar-refractivity contribution is 0.144. The average molecular weight is 311 g/mol. The Labute approximate surface area is 134 Å². The van der Waals surface area contributed by atoms with Gasteiger partial charge in [-0.05, 0) is 67.9 Å². The van der Waals surface area contributed by atoms with Crippen LogP contribution in [-0.2, 0) is 0 Å². The fourth-order valence-electron chi connectivity index (χ4n) is 3.71. The molecule has 3 nitrogen and oxygen atoms in total. The van der Waals surface area contributed by atoms with Crippen molar-refractivity contribution < 1.29 is 5.11 Å². The number of hydrogen-bond acceptors (Lipinski definition) is 3. The Morgan fingerprint density at radius 2 is 1.90 bits per heavy atom. The van der Waals surface area contributed by atoms with Gasteiger partial charge in [0.1, 0.15) is 5.75 Å². The van der Waals surface area contributed by atoms with Gasteiger partial charge in [-0.25, -0.2) is 0 Å². The van der Waals surface area contributed by atoms with E-state index in [4.69, 9.17) is 0 Å². The fourth-order valence-corrected chi connectivity index (χ4v) is 3.71. The SMILES string of the molecule is CC1(CN2CCC(c3ccc(O)cc3)CC2)CCNC1.Cl. The number of nitrogens with one attached hydrogen (secondary N) is 1. The third-order valence-corrected chi connectivity index (χ3v) is 5.01. The minimum absolute atomic E-state index is 0. The van der Waals surface area contributed by atoms with Crippen LogP contribution in [-0.4, -0.2) is 42.7 Å². The Balaban J connectivity index is 0.00000161. The summed E-state index contributed by atoms with van der Waals surface area (Å²) in [5.74, 6) is 1.04. The van der Waals surface area contributed by atoms with E-state index in [1.165, 1.54) is 57.5 Å². The minimum Gasteiger partial charge on any atom is -0.508 e. The van der Waals surface area contributed by atoms with Crippen molar-refractivity contribution in [2.45, 2.75) is 32.1 Å². The fraction of sp³-hybridized carbons (Fsp3) is 0.647. The van der Waals surface area contributed by atoms with Crippen LogP contribution in [0.15, 0.2) is 24.3 Å². The van der Waals surface area contributed by atoms with Crippen molar-refractivity contribution in [3.8, 4) is 5.75 Å². The minimum atomic E-state index is 0. The number of aromatic hydroxyl groups is 1. The molecule has 1 atom stereocenters. The summed E-state index contributed by atoms with van der Waals surface area (Å²) >= 11 is 0. The summed E-state index contributed by atoms with van der Waals surface area (Å²) in [6.07, 6.45) is 3.80. The van der Waals surface area contributed by atoms with E-state index in [9.17, 15) is 5.11 Å². The number of nitrogens with zero attached hydrogens (tertiary/aromatic N) is 1. The van der Waals surface area contributed by atoms with Crippen molar-refractivity contribution in [3.63, 3.8) is 0 Å². The van der Waals surface area contributed by atoms with Crippen LogP contribution in [0, 0.1) is 5.41 Å². The molecule has 0 bridgehead atoms. The molecule has 0 aliphatic carbocycles. The maximum Gasteiger partial charge on any atom is 0.115 e. The van der Waals surface area contributed by atoms with Gasteiger partial charge in [0.25, 0.3) is 0 Å². The lowest BCUT2D eigenvalue weighted by Crippen LogP contribution is -2.41. The standard InChI is InChI=1S/C17H26N2O.ClH/c1-17(8-9-18-12-17)13-19-10-6-15(7-11-19)14-2-4-16(20)5-3-14;/h2-5,15,18,20H,6-13H2,1H3;1H. The predicted octanol–water partition coefficient (Wildman–Crippen LogP) is 2.99. The van der Waals surface area contributed by atoms with Gasteiger partial charge in [-0.2, -0.15) is 0 Å². The van der Waals surface area contributed by atoms with Gasteiger partial charge >= 0.3 is 0 Å². The van der Waals surface area contributed by atoms with E-state index in [1.54, 1.807) is 0 Å². The third kappa shape index (κ3) is 4.12. The van der Waals surface area contributed by atoms with Gasteiger partial charge in [-0.3, -0.25) is 0 Å². The van der Waals surface area contributed by atoms with Gasteiger partial charge in [-0.1, -0.05) is 19.1 Å². The topological polar surface area (TPSA) is 35.5 Å². The van der Waals surface area contributed by atoms with Crippen molar-refractivity contribution >= 4 is 12.4 Å². The summed E-state index contributed by atoms with van der Waals surface area (Å²) in [7, 11) is 0. The van der Waals surface area contributed by atoms with Crippen molar-refractivity contribution in [1.82, 2.24) is 10.2 Å². The Bertz CT molecular complexity index is 435. The second-order valence-electron chi connectivity index (χ2n) is 6.88. The number of hydrogen-bond donors (Lipinski definition) is 2. The van der Waals surface area contributed by atoms with Crippen LogP contribution < -0.4 is 5.32 Å². The summed E-state index contributed by atoms with van der Waals surface area (Å²) in [5, 5.41) is 12.9. The molecule has 21 heavy (non-hydrogen) atoms. The molecule has 1 aromatic rings. The molecule has 1 unspecified atom stereocenters. The van der Waals surface area contributed by atoms with Crippen LogP contribution in [0.5, 0.6) is 5.75 Å². The van der Waals surface area contributed by atoms with E-state index >= 15 is 0 Å². The number of benzene rings is 1. The van der Waals surface area contributed by atoms with Gasteiger partial charge in [0.15, 0.2) is 0 Å². The van der Waals surface area contributed by atoms with Gasteiger partial charge in [0, 0.05) is 13.1 Å². The molecule has 0 saturated carbocycles. The highest BCUT2D eigenvalue weighted by Crippen LogP contribution is 2.32. The molecule has 1 aromatic carbocycles. The second-order valence-corrected chi connectivity index (χ2v) is 6.88. The normalized spacial score (nSPS) is 27.5. The van der Waals surface area contributed by atoms with E-state index in [0.29, 0.717) is 17.1 Å². The van der Waals surface area contributed by atoms with Gasteiger partial charge in [0.05, 0.1) is 0 Å². The molecule has 0 aromatic heterocycles. The summed E-state index contributed by atoms with van der Waals surface area (Å²) in [4.78, 5) is 2.64. The highest BCUT2D eigenvalue weighted by Gasteiger charge is 2.32. The van der Waals surface area contributed by atoms with Crippen molar-refractivity contribution in [2.75, 3.05) is 32.7 Å². The van der Waals surface area contributed by atoms with Crippen molar-refractivity contribution in [2.24, 2.45) is 5.41 Å². The summed E-state index contributed by atoms with van der Waals surface area (Å²) in [6, 6.07) is 7.79. The van der Waals surface area contributed by atoms with Crippen LogP contribution in [0.4, 0.5) is 0 Å². The van der Waals surface area contributed by atoms with Crippen LogP contribution in [0.25, 0.3) is 0 Å². The van der Waals surface area contributed by atoms with Gasteiger partial charge in [-0.15, -0.1) is 12.4 Å². The average Bonchev–Trinajstić information content (AvgIpc) is 2.87. The highest BCUT2D eigenvalue weighted by atomic mass is 35.5. The number of phenolic OH excluding ortho intramolecular Hbond substituents is 1. The number of phenols is 1. The number of halogens is 1. The van der Waals surface area contributed by atoms with Crippen LogP contribution in [0.1, 0.15) is 37.7 Å². The molecule has 2 saturated heterocycles. The molecule has 4 heteroatoms. The summed E-state index contributed by atoms with van der Waals surface area (Å²) in [5.41, 5.74) is 1.86. The molecule has 118 valence electrons. The first-order chi connectivity index (χ1) is 9.65. The first kappa shape index (κ1) is 16.6. The lowest BCUT2D eigenvalue weighted by atomic mass is 9.86. The molecule has 0 amide bonds. The molecule has 2 aliphatic rings. The number of rotatable bonds is 3. The maximum absolute atomic E-state index is 9.37. The van der Waals surface area contributed by atoms with Crippen molar-refractivity contribution in [3.05, 3.63) is 29.8 Å². The van der Waals surface area contributed by atoms with Crippen LogP contribution in [0.2, 0.25) is 0 Å². The number of likely N-dealkylation sites (tertiary alicyclic amines) is 1. The molecule has 2 N–H and O–H groups in total. The zero-order valence-electron chi connectivity index (χ0n) is 12.8. The molecule has 2 fully saturated rings. The third-order valence-electron chi connectivity index (χ3n) is 5.01. The number of piperidine rings is 1. The Hall–Kier alpha value is -0.770. The second kappa shape index (κ2) is 6.99. The predicted molar refractivity (Wildman–Crippen MR) is 89.4 cm³/mol.